The molecule has 0 saturated heterocycles. The molecule has 1 aromatic carbocycles. The van der Waals surface area contributed by atoms with Crippen molar-refractivity contribution >= 4 is 11.6 Å². The number of rotatable bonds is 5. The minimum Gasteiger partial charge on any atom is -0.325 e. The van der Waals surface area contributed by atoms with Gasteiger partial charge in [-0.15, -0.1) is 0 Å². The van der Waals surface area contributed by atoms with Crippen LogP contribution in [0.15, 0.2) is 18.2 Å². The molecule has 0 aliphatic rings. The highest BCUT2D eigenvalue weighted by atomic mass is 16.2. The van der Waals surface area contributed by atoms with Gasteiger partial charge in [0, 0.05) is 5.69 Å². The second-order valence-electron chi connectivity index (χ2n) is 4.54. The number of carbonyl (C=O) groups is 1. The van der Waals surface area contributed by atoms with E-state index >= 15 is 0 Å². The van der Waals surface area contributed by atoms with Gasteiger partial charge in [0.2, 0.25) is 5.91 Å². The molecule has 94 valence electrons. The lowest BCUT2D eigenvalue weighted by Crippen LogP contribution is -2.35. The number of nitrogens with one attached hydrogen (secondary N) is 1. The van der Waals surface area contributed by atoms with Gasteiger partial charge in [-0.1, -0.05) is 25.8 Å². The van der Waals surface area contributed by atoms with Gasteiger partial charge in [0.1, 0.15) is 0 Å². The molecule has 1 unspecified atom stereocenters. The number of aryl methyl sites for hydroxylation is 2. The first-order chi connectivity index (χ1) is 8.04. The maximum atomic E-state index is 11.8. The molecule has 3 nitrogen and oxygen atoms in total. The van der Waals surface area contributed by atoms with E-state index in [0.717, 1.165) is 24.9 Å². The average molecular weight is 234 g/mol. The van der Waals surface area contributed by atoms with E-state index in [1.165, 1.54) is 11.1 Å². The fraction of sp³-hybridized carbons (Fsp3) is 0.500. The Hall–Kier alpha value is -1.35. The largest absolute Gasteiger partial charge is 0.325 e. The summed E-state index contributed by atoms with van der Waals surface area (Å²) in [7, 11) is 0. The van der Waals surface area contributed by atoms with Gasteiger partial charge >= 0.3 is 0 Å². The first-order valence-electron chi connectivity index (χ1n) is 6.18. The number of benzene rings is 1. The fourth-order valence-corrected chi connectivity index (χ4v) is 1.61. The van der Waals surface area contributed by atoms with Gasteiger partial charge in [0.05, 0.1) is 6.04 Å². The Labute approximate surface area is 103 Å². The third-order valence-electron chi connectivity index (χ3n) is 2.98. The molecule has 3 heteroatoms. The van der Waals surface area contributed by atoms with E-state index in [0.29, 0.717) is 0 Å². The quantitative estimate of drug-likeness (QED) is 0.823. The Balaban J connectivity index is 2.58. The van der Waals surface area contributed by atoms with Gasteiger partial charge in [0.25, 0.3) is 0 Å². The first-order valence-corrected chi connectivity index (χ1v) is 6.18. The summed E-state index contributed by atoms with van der Waals surface area (Å²) in [6, 6.07) is 5.48. The topological polar surface area (TPSA) is 55.1 Å². The minimum absolute atomic E-state index is 0.0956. The summed E-state index contributed by atoms with van der Waals surface area (Å²) in [6.45, 7) is 6.17. The van der Waals surface area contributed by atoms with Crippen molar-refractivity contribution in [3.63, 3.8) is 0 Å². The zero-order valence-corrected chi connectivity index (χ0v) is 10.9. The molecule has 0 aliphatic carbocycles. The average Bonchev–Trinajstić information content (AvgIpc) is 2.30. The SMILES string of the molecule is CCCCC(N)C(=O)Nc1ccc(C)c(C)c1. The highest BCUT2D eigenvalue weighted by molar-refractivity contribution is 5.94. The number of hydrogen-bond donors (Lipinski definition) is 2. The molecule has 1 atom stereocenters. The van der Waals surface area contributed by atoms with E-state index in [-0.39, 0.29) is 5.91 Å². The number of hydrogen-bond acceptors (Lipinski definition) is 2. The number of unbranched alkanes of at least 4 members (excludes halogenated alkanes) is 1. The number of carbonyl (C=O) groups excluding carboxylic acids is 1. The molecule has 0 fully saturated rings. The molecule has 0 aromatic heterocycles. The highest BCUT2D eigenvalue weighted by Crippen LogP contribution is 2.14. The Morgan fingerprint density at radius 2 is 2.06 bits per heavy atom. The van der Waals surface area contributed by atoms with Crippen LogP contribution in [0.5, 0.6) is 0 Å². The third kappa shape index (κ3) is 4.19. The van der Waals surface area contributed by atoms with Crippen LogP contribution in [-0.2, 0) is 4.79 Å². The minimum atomic E-state index is -0.406. The van der Waals surface area contributed by atoms with Crippen LogP contribution in [0.2, 0.25) is 0 Å². The van der Waals surface area contributed by atoms with Crippen LogP contribution >= 0.6 is 0 Å². The molecule has 1 rings (SSSR count). The Bertz CT molecular complexity index is 388. The van der Waals surface area contributed by atoms with E-state index in [1.54, 1.807) is 0 Å². The maximum Gasteiger partial charge on any atom is 0.241 e. The van der Waals surface area contributed by atoms with E-state index in [4.69, 9.17) is 5.73 Å². The van der Waals surface area contributed by atoms with Crippen molar-refractivity contribution in [2.45, 2.75) is 46.1 Å². The predicted octanol–water partition coefficient (Wildman–Crippen LogP) is 2.76. The van der Waals surface area contributed by atoms with Crippen LogP contribution in [0.25, 0.3) is 0 Å². The van der Waals surface area contributed by atoms with Gasteiger partial charge in [-0.05, 0) is 43.5 Å². The lowest BCUT2D eigenvalue weighted by atomic mass is 10.1. The first kappa shape index (κ1) is 13.7. The number of nitrogens with two attached hydrogens (primary N) is 1. The Kier molecular flexibility index (Phi) is 5.16. The Morgan fingerprint density at radius 1 is 1.35 bits per heavy atom. The molecule has 0 bridgehead atoms. The van der Waals surface area contributed by atoms with E-state index in [2.05, 4.69) is 12.2 Å². The second kappa shape index (κ2) is 6.40. The zero-order chi connectivity index (χ0) is 12.8. The molecular weight excluding hydrogens is 212 g/mol. The van der Waals surface area contributed by atoms with Gasteiger partial charge in [-0.2, -0.15) is 0 Å². The van der Waals surface area contributed by atoms with E-state index in [9.17, 15) is 4.79 Å². The second-order valence-corrected chi connectivity index (χ2v) is 4.54. The van der Waals surface area contributed by atoms with Crippen LogP contribution in [0.1, 0.15) is 37.3 Å². The van der Waals surface area contributed by atoms with Gasteiger partial charge in [0.15, 0.2) is 0 Å². The fourth-order valence-electron chi connectivity index (χ4n) is 1.61. The summed E-state index contributed by atoms with van der Waals surface area (Å²) in [5.41, 5.74) is 9.02. The van der Waals surface area contributed by atoms with Crippen molar-refractivity contribution < 1.29 is 4.79 Å². The van der Waals surface area contributed by atoms with Crippen molar-refractivity contribution in [2.24, 2.45) is 5.73 Å². The lowest BCUT2D eigenvalue weighted by molar-refractivity contribution is -0.117. The summed E-state index contributed by atoms with van der Waals surface area (Å²) < 4.78 is 0. The van der Waals surface area contributed by atoms with Crippen molar-refractivity contribution in [2.75, 3.05) is 5.32 Å². The van der Waals surface area contributed by atoms with Gasteiger partial charge in [-0.3, -0.25) is 4.79 Å². The van der Waals surface area contributed by atoms with Crippen molar-refractivity contribution in [3.8, 4) is 0 Å². The molecule has 1 amide bonds. The Morgan fingerprint density at radius 3 is 2.65 bits per heavy atom. The van der Waals surface area contributed by atoms with E-state index in [1.807, 2.05) is 32.0 Å². The summed E-state index contributed by atoms with van der Waals surface area (Å²) in [5, 5.41) is 2.85. The van der Waals surface area contributed by atoms with Crippen molar-refractivity contribution in [1.82, 2.24) is 0 Å². The van der Waals surface area contributed by atoms with E-state index < -0.39 is 6.04 Å². The molecule has 0 heterocycles. The molecule has 1 aromatic rings. The molecule has 0 spiro atoms. The van der Waals surface area contributed by atoms with Crippen LogP contribution in [-0.4, -0.2) is 11.9 Å². The van der Waals surface area contributed by atoms with Crippen molar-refractivity contribution in [3.05, 3.63) is 29.3 Å². The van der Waals surface area contributed by atoms with Gasteiger partial charge < -0.3 is 11.1 Å². The molecule has 17 heavy (non-hydrogen) atoms. The predicted molar refractivity (Wildman–Crippen MR) is 72.0 cm³/mol. The molecular formula is C14H22N2O. The highest BCUT2D eigenvalue weighted by Gasteiger charge is 2.12. The van der Waals surface area contributed by atoms with Crippen LogP contribution in [0.3, 0.4) is 0 Å². The van der Waals surface area contributed by atoms with Crippen LogP contribution < -0.4 is 11.1 Å². The molecule has 0 aliphatic heterocycles. The maximum absolute atomic E-state index is 11.8. The zero-order valence-electron chi connectivity index (χ0n) is 10.9. The number of amides is 1. The molecule has 3 N–H and O–H groups in total. The molecule has 0 radical (unpaired) electrons. The van der Waals surface area contributed by atoms with Crippen LogP contribution in [0, 0.1) is 13.8 Å². The monoisotopic (exact) mass is 234 g/mol. The van der Waals surface area contributed by atoms with Crippen molar-refractivity contribution in [1.29, 1.82) is 0 Å². The lowest BCUT2D eigenvalue weighted by Gasteiger charge is -2.12. The normalized spacial score (nSPS) is 12.2. The summed E-state index contributed by atoms with van der Waals surface area (Å²) in [6.07, 6.45) is 2.79. The summed E-state index contributed by atoms with van der Waals surface area (Å²) in [5.74, 6) is -0.0956. The smallest absolute Gasteiger partial charge is 0.241 e. The molecule has 0 saturated carbocycles. The standard InChI is InChI=1S/C14H22N2O/c1-4-5-6-13(15)14(17)16-12-8-7-10(2)11(3)9-12/h7-9,13H,4-6,15H2,1-3H3,(H,16,17). The summed E-state index contributed by atoms with van der Waals surface area (Å²) in [4.78, 5) is 11.8. The third-order valence-corrected chi connectivity index (χ3v) is 2.98. The summed E-state index contributed by atoms with van der Waals surface area (Å²) >= 11 is 0. The number of anilines is 1. The van der Waals surface area contributed by atoms with Gasteiger partial charge in [-0.25, -0.2) is 0 Å². The van der Waals surface area contributed by atoms with Crippen LogP contribution in [0.4, 0.5) is 5.69 Å².